The van der Waals surface area contributed by atoms with Crippen LogP contribution in [0.2, 0.25) is 0 Å². The van der Waals surface area contributed by atoms with E-state index in [2.05, 4.69) is 18.7 Å². The van der Waals surface area contributed by atoms with Crippen LogP contribution in [0.5, 0.6) is 5.75 Å². The molecule has 0 amide bonds. The van der Waals surface area contributed by atoms with Crippen LogP contribution in [0.25, 0.3) is 0 Å². The van der Waals surface area contributed by atoms with Crippen LogP contribution >= 0.6 is 0 Å². The van der Waals surface area contributed by atoms with Crippen molar-refractivity contribution in [2.75, 3.05) is 26.2 Å². The van der Waals surface area contributed by atoms with Crippen molar-refractivity contribution in [1.82, 2.24) is 4.90 Å². The van der Waals surface area contributed by atoms with Gasteiger partial charge >= 0.3 is 0 Å². The molecule has 3 heteroatoms. The summed E-state index contributed by atoms with van der Waals surface area (Å²) >= 11 is 0. The summed E-state index contributed by atoms with van der Waals surface area (Å²) in [6.07, 6.45) is 2.47. The Morgan fingerprint density at radius 3 is 2.40 bits per heavy atom. The largest absolute Gasteiger partial charge is 0.494 e. The van der Waals surface area contributed by atoms with E-state index in [4.69, 9.17) is 10.5 Å². The van der Waals surface area contributed by atoms with Crippen molar-refractivity contribution in [2.45, 2.75) is 33.2 Å². The smallest absolute Gasteiger partial charge is 0.119 e. The van der Waals surface area contributed by atoms with Gasteiger partial charge in [0.2, 0.25) is 0 Å². The summed E-state index contributed by atoms with van der Waals surface area (Å²) in [5.74, 6) is 2.62. The Morgan fingerprint density at radius 2 is 1.80 bits per heavy atom. The third kappa shape index (κ3) is 4.80. The molecule has 2 atom stereocenters. The van der Waals surface area contributed by atoms with Crippen molar-refractivity contribution in [3.63, 3.8) is 0 Å². The maximum absolute atomic E-state index is 5.78. The number of benzene rings is 1. The van der Waals surface area contributed by atoms with Crippen LogP contribution in [0.15, 0.2) is 24.3 Å². The topological polar surface area (TPSA) is 38.5 Å². The van der Waals surface area contributed by atoms with Crippen molar-refractivity contribution in [2.24, 2.45) is 17.6 Å². The van der Waals surface area contributed by atoms with E-state index in [9.17, 15) is 0 Å². The Labute approximate surface area is 123 Å². The molecule has 1 aromatic carbocycles. The van der Waals surface area contributed by atoms with E-state index >= 15 is 0 Å². The van der Waals surface area contributed by atoms with Crippen molar-refractivity contribution in [3.05, 3.63) is 29.8 Å². The lowest BCUT2D eigenvalue weighted by Crippen LogP contribution is -2.39. The van der Waals surface area contributed by atoms with Gasteiger partial charge in [0.25, 0.3) is 0 Å². The van der Waals surface area contributed by atoms with E-state index in [-0.39, 0.29) is 0 Å². The molecule has 1 aliphatic heterocycles. The van der Waals surface area contributed by atoms with Crippen LogP contribution in [-0.4, -0.2) is 31.1 Å². The Balaban J connectivity index is 1.65. The van der Waals surface area contributed by atoms with Gasteiger partial charge in [-0.1, -0.05) is 26.0 Å². The molecule has 1 aromatic rings. The van der Waals surface area contributed by atoms with E-state index in [1.54, 1.807) is 0 Å². The van der Waals surface area contributed by atoms with Crippen molar-refractivity contribution in [3.8, 4) is 5.75 Å². The van der Waals surface area contributed by atoms with Crippen molar-refractivity contribution < 1.29 is 4.74 Å². The van der Waals surface area contributed by atoms with E-state index < -0.39 is 0 Å². The normalized spacial score (nSPS) is 23.8. The first-order valence-corrected chi connectivity index (χ1v) is 7.81. The van der Waals surface area contributed by atoms with Crippen LogP contribution in [-0.2, 0) is 6.54 Å². The maximum atomic E-state index is 5.78. The molecule has 112 valence electrons. The molecule has 1 aliphatic rings. The van der Waals surface area contributed by atoms with Crippen LogP contribution in [0.1, 0.15) is 32.3 Å². The number of hydrogen-bond donors (Lipinski definition) is 1. The Hall–Kier alpha value is -1.06. The molecule has 0 aromatic heterocycles. The molecule has 2 unspecified atom stereocenters. The number of likely N-dealkylation sites (tertiary alicyclic amines) is 1. The van der Waals surface area contributed by atoms with Crippen LogP contribution in [0.3, 0.4) is 0 Å². The zero-order valence-corrected chi connectivity index (χ0v) is 12.8. The molecule has 2 N–H and O–H groups in total. The third-order valence-electron chi connectivity index (χ3n) is 3.99. The first-order chi connectivity index (χ1) is 9.67. The number of piperidine rings is 1. The number of hydrogen-bond acceptors (Lipinski definition) is 3. The van der Waals surface area contributed by atoms with E-state index in [1.165, 1.54) is 19.5 Å². The standard InChI is InChI=1S/C17H28N2O/c1-14-10-15(2)13-19(12-14)8-3-9-20-17-6-4-16(11-18)5-7-17/h4-7,14-15H,3,8-13,18H2,1-2H3. The first-order valence-electron chi connectivity index (χ1n) is 7.81. The third-order valence-corrected chi connectivity index (χ3v) is 3.99. The average Bonchev–Trinajstić information content (AvgIpc) is 2.43. The summed E-state index contributed by atoms with van der Waals surface area (Å²) in [6, 6.07) is 8.08. The highest BCUT2D eigenvalue weighted by Gasteiger charge is 2.20. The van der Waals surface area contributed by atoms with Gasteiger partial charge in [-0.25, -0.2) is 0 Å². The van der Waals surface area contributed by atoms with Gasteiger partial charge < -0.3 is 15.4 Å². The Morgan fingerprint density at radius 1 is 1.15 bits per heavy atom. The second kappa shape index (κ2) is 7.65. The maximum Gasteiger partial charge on any atom is 0.119 e. The quantitative estimate of drug-likeness (QED) is 0.812. The predicted molar refractivity (Wildman–Crippen MR) is 83.8 cm³/mol. The number of ether oxygens (including phenoxy) is 1. The molecule has 1 heterocycles. The molecule has 3 nitrogen and oxygen atoms in total. The predicted octanol–water partition coefficient (Wildman–Crippen LogP) is 2.89. The van der Waals surface area contributed by atoms with Crippen LogP contribution in [0, 0.1) is 11.8 Å². The van der Waals surface area contributed by atoms with E-state index in [1.807, 2.05) is 24.3 Å². The van der Waals surface area contributed by atoms with Gasteiger partial charge in [0.05, 0.1) is 6.61 Å². The zero-order chi connectivity index (χ0) is 14.4. The molecule has 0 radical (unpaired) electrons. The molecule has 1 saturated heterocycles. The van der Waals surface area contributed by atoms with E-state index in [0.29, 0.717) is 6.54 Å². The average molecular weight is 276 g/mol. The number of nitrogens with zero attached hydrogens (tertiary/aromatic N) is 1. The minimum atomic E-state index is 0.589. The lowest BCUT2D eigenvalue weighted by atomic mass is 9.92. The highest BCUT2D eigenvalue weighted by molar-refractivity contribution is 5.26. The molecule has 0 bridgehead atoms. The van der Waals surface area contributed by atoms with Crippen LogP contribution < -0.4 is 10.5 Å². The SMILES string of the molecule is CC1CC(C)CN(CCCOc2ccc(CN)cc2)C1. The van der Waals surface area contributed by atoms with Gasteiger partial charge in [0.1, 0.15) is 5.75 Å². The van der Waals surface area contributed by atoms with Gasteiger partial charge in [0.15, 0.2) is 0 Å². The van der Waals surface area contributed by atoms with Gasteiger partial charge in [-0.15, -0.1) is 0 Å². The lowest BCUT2D eigenvalue weighted by Gasteiger charge is -2.34. The highest BCUT2D eigenvalue weighted by Crippen LogP contribution is 2.21. The number of rotatable bonds is 6. The lowest BCUT2D eigenvalue weighted by molar-refractivity contribution is 0.132. The fourth-order valence-electron chi connectivity index (χ4n) is 3.17. The molecule has 0 saturated carbocycles. The summed E-state index contributed by atoms with van der Waals surface area (Å²) in [4.78, 5) is 2.58. The van der Waals surface area contributed by atoms with Crippen molar-refractivity contribution in [1.29, 1.82) is 0 Å². The van der Waals surface area contributed by atoms with Gasteiger partial charge in [0, 0.05) is 26.2 Å². The molecule has 0 spiro atoms. The summed E-state index contributed by atoms with van der Waals surface area (Å²) in [6.45, 7) is 9.74. The molecular weight excluding hydrogens is 248 g/mol. The minimum Gasteiger partial charge on any atom is -0.494 e. The van der Waals surface area contributed by atoms with Gasteiger partial charge in [-0.05, 0) is 42.4 Å². The van der Waals surface area contributed by atoms with Crippen LogP contribution in [0.4, 0.5) is 0 Å². The Bertz CT molecular complexity index is 380. The number of nitrogens with two attached hydrogens (primary N) is 1. The summed E-state index contributed by atoms with van der Waals surface area (Å²) < 4.78 is 5.78. The Kier molecular flexibility index (Phi) is 5.86. The van der Waals surface area contributed by atoms with E-state index in [0.717, 1.165) is 42.7 Å². The monoisotopic (exact) mass is 276 g/mol. The fraction of sp³-hybridized carbons (Fsp3) is 0.647. The van der Waals surface area contributed by atoms with Gasteiger partial charge in [-0.2, -0.15) is 0 Å². The fourth-order valence-corrected chi connectivity index (χ4v) is 3.17. The summed E-state index contributed by atoms with van der Waals surface area (Å²) in [7, 11) is 0. The molecule has 20 heavy (non-hydrogen) atoms. The highest BCUT2D eigenvalue weighted by atomic mass is 16.5. The summed E-state index contributed by atoms with van der Waals surface area (Å²) in [5, 5.41) is 0. The second-order valence-electron chi connectivity index (χ2n) is 6.26. The molecular formula is C17H28N2O. The molecule has 0 aliphatic carbocycles. The van der Waals surface area contributed by atoms with Gasteiger partial charge in [-0.3, -0.25) is 0 Å². The van der Waals surface area contributed by atoms with Crippen molar-refractivity contribution >= 4 is 0 Å². The first kappa shape index (κ1) is 15.3. The minimum absolute atomic E-state index is 0.589. The molecule has 1 fully saturated rings. The summed E-state index contributed by atoms with van der Waals surface area (Å²) in [5.41, 5.74) is 6.73. The second-order valence-corrected chi connectivity index (χ2v) is 6.26. The zero-order valence-electron chi connectivity index (χ0n) is 12.8. The molecule has 2 rings (SSSR count).